The summed E-state index contributed by atoms with van der Waals surface area (Å²) < 4.78 is 5.35. The van der Waals surface area contributed by atoms with Gasteiger partial charge < -0.3 is 14.5 Å². The predicted octanol–water partition coefficient (Wildman–Crippen LogP) is 3.01. The van der Waals surface area contributed by atoms with Crippen molar-refractivity contribution < 1.29 is 19.1 Å². The Balaban J connectivity index is 1.53. The van der Waals surface area contributed by atoms with Crippen LogP contribution in [0.25, 0.3) is 0 Å². The lowest BCUT2D eigenvalue weighted by Crippen LogP contribution is -2.37. The number of esters is 1. The highest BCUT2D eigenvalue weighted by atomic mass is 16.5. The second-order valence-corrected chi connectivity index (χ2v) is 7.34. The summed E-state index contributed by atoms with van der Waals surface area (Å²) in [6, 6.07) is 16.6. The highest BCUT2D eigenvalue weighted by Gasteiger charge is 2.23. The first kappa shape index (κ1) is 20.6. The van der Waals surface area contributed by atoms with E-state index >= 15 is 0 Å². The summed E-state index contributed by atoms with van der Waals surface area (Å²) in [6.07, 6.45) is 0.626. The van der Waals surface area contributed by atoms with Crippen LogP contribution in [0.4, 0.5) is 0 Å². The smallest absolute Gasteiger partial charge is 0.338 e. The number of ether oxygens (including phenoxy) is 1. The maximum Gasteiger partial charge on any atom is 0.338 e. The van der Waals surface area contributed by atoms with Crippen molar-refractivity contribution in [2.45, 2.75) is 39.0 Å². The van der Waals surface area contributed by atoms with Crippen molar-refractivity contribution in [2.75, 3.05) is 13.6 Å². The number of carbonyl (C=O) groups excluding carboxylic acids is 3. The van der Waals surface area contributed by atoms with Gasteiger partial charge in [-0.25, -0.2) is 4.79 Å². The van der Waals surface area contributed by atoms with Crippen LogP contribution >= 0.6 is 0 Å². The van der Waals surface area contributed by atoms with Gasteiger partial charge in [0, 0.05) is 33.1 Å². The van der Waals surface area contributed by atoms with E-state index in [1.54, 1.807) is 31.0 Å². The largest absolute Gasteiger partial charge is 0.449 e. The van der Waals surface area contributed by atoms with Crippen molar-refractivity contribution in [1.29, 1.82) is 0 Å². The zero-order valence-corrected chi connectivity index (χ0v) is 16.8. The molecule has 152 valence electrons. The highest BCUT2D eigenvalue weighted by Crippen LogP contribution is 2.15. The molecule has 0 aliphatic carbocycles. The van der Waals surface area contributed by atoms with E-state index in [1.807, 2.05) is 47.4 Å². The molecule has 0 N–H and O–H groups in total. The van der Waals surface area contributed by atoms with E-state index in [2.05, 4.69) is 0 Å². The van der Waals surface area contributed by atoms with Gasteiger partial charge in [0.25, 0.3) is 5.91 Å². The predicted molar refractivity (Wildman–Crippen MR) is 109 cm³/mol. The first-order valence-electron chi connectivity index (χ1n) is 9.80. The number of nitrogens with zero attached hydrogens (tertiary/aromatic N) is 2. The minimum absolute atomic E-state index is 0.167. The molecular weight excluding hydrogens is 368 g/mol. The Hall–Kier alpha value is -3.15. The third-order valence-electron chi connectivity index (χ3n) is 5.00. The van der Waals surface area contributed by atoms with Crippen LogP contribution in [0.15, 0.2) is 54.6 Å². The van der Waals surface area contributed by atoms with Gasteiger partial charge in [-0.2, -0.15) is 0 Å². The van der Waals surface area contributed by atoms with Crippen LogP contribution in [0.1, 0.15) is 41.3 Å². The number of hydrogen-bond acceptors (Lipinski definition) is 4. The normalized spacial score (nSPS) is 14.6. The SMILES string of the molecule is C[C@@H](OC(=O)c1ccc(CN2CCCC2=O)cc1)C(=O)N(C)Cc1ccccc1. The minimum atomic E-state index is -0.877. The Kier molecular flexibility index (Phi) is 6.65. The molecule has 1 fully saturated rings. The van der Waals surface area contributed by atoms with Crippen molar-refractivity contribution in [2.24, 2.45) is 0 Å². The molecule has 2 aromatic rings. The average Bonchev–Trinajstić information content (AvgIpc) is 3.13. The third-order valence-corrected chi connectivity index (χ3v) is 5.00. The van der Waals surface area contributed by atoms with Gasteiger partial charge in [0.1, 0.15) is 0 Å². The van der Waals surface area contributed by atoms with Crippen LogP contribution in [-0.4, -0.2) is 47.3 Å². The van der Waals surface area contributed by atoms with E-state index in [-0.39, 0.29) is 11.8 Å². The van der Waals surface area contributed by atoms with Crippen LogP contribution in [0, 0.1) is 0 Å². The Labute approximate surface area is 171 Å². The van der Waals surface area contributed by atoms with Crippen molar-refractivity contribution in [1.82, 2.24) is 9.80 Å². The van der Waals surface area contributed by atoms with Gasteiger partial charge in [-0.1, -0.05) is 42.5 Å². The molecule has 0 saturated carbocycles. The quantitative estimate of drug-likeness (QED) is 0.677. The lowest BCUT2D eigenvalue weighted by Gasteiger charge is -2.21. The lowest BCUT2D eigenvalue weighted by molar-refractivity contribution is -0.139. The second kappa shape index (κ2) is 9.37. The van der Waals surface area contributed by atoms with Crippen molar-refractivity contribution in [3.63, 3.8) is 0 Å². The molecule has 1 aliphatic rings. The number of rotatable bonds is 7. The summed E-state index contributed by atoms with van der Waals surface area (Å²) in [6.45, 7) is 3.35. The monoisotopic (exact) mass is 394 g/mol. The number of hydrogen-bond donors (Lipinski definition) is 0. The molecule has 0 aromatic heterocycles. The first-order chi connectivity index (χ1) is 13.9. The molecule has 2 aromatic carbocycles. The Morgan fingerprint density at radius 2 is 1.76 bits per heavy atom. The molecule has 6 nitrogen and oxygen atoms in total. The van der Waals surface area contributed by atoms with Crippen LogP contribution < -0.4 is 0 Å². The van der Waals surface area contributed by atoms with Crippen LogP contribution in [0.3, 0.4) is 0 Å². The fourth-order valence-corrected chi connectivity index (χ4v) is 3.36. The van der Waals surface area contributed by atoms with Gasteiger partial charge in [-0.3, -0.25) is 9.59 Å². The maximum absolute atomic E-state index is 12.5. The third kappa shape index (κ3) is 5.44. The maximum atomic E-state index is 12.5. The summed E-state index contributed by atoms with van der Waals surface area (Å²) in [5.74, 6) is -0.630. The van der Waals surface area contributed by atoms with Crippen molar-refractivity contribution >= 4 is 17.8 Å². The first-order valence-corrected chi connectivity index (χ1v) is 9.80. The number of amides is 2. The van der Waals surface area contributed by atoms with E-state index in [0.29, 0.717) is 25.1 Å². The zero-order valence-electron chi connectivity index (χ0n) is 16.8. The molecule has 0 bridgehead atoms. The van der Waals surface area contributed by atoms with Crippen molar-refractivity contribution in [3.05, 3.63) is 71.3 Å². The summed E-state index contributed by atoms with van der Waals surface area (Å²) in [5.41, 5.74) is 2.35. The molecule has 1 heterocycles. The van der Waals surface area contributed by atoms with Gasteiger partial charge in [0.2, 0.25) is 5.91 Å². The number of likely N-dealkylation sites (N-methyl/N-ethyl adjacent to an activating group) is 1. The summed E-state index contributed by atoms with van der Waals surface area (Å²) >= 11 is 0. The molecule has 6 heteroatoms. The zero-order chi connectivity index (χ0) is 20.8. The average molecular weight is 394 g/mol. The number of carbonyl (C=O) groups is 3. The van der Waals surface area contributed by atoms with E-state index in [4.69, 9.17) is 4.74 Å². The standard InChI is InChI=1S/C23H26N2O4/c1-17(22(27)24(2)15-18-7-4-3-5-8-18)29-23(28)20-12-10-19(11-13-20)16-25-14-6-9-21(25)26/h3-5,7-8,10-13,17H,6,9,14-16H2,1-2H3/t17-/m1/s1. The summed E-state index contributed by atoms with van der Waals surface area (Å²) in [5, 5.41) is 0. The van der Waals surface area contributed by atoms with E-state index in [9.17, 15) is 14.4 Å². The molecule has 3 rings (SSSR count). The molecule has 1 aliphatic heterocycles. The van der Waals surface area contributed by atoms with Crippen LogP contribution in [0.5, 0.6) is 0 Å². The van der Waals surface area contributed by atoms with Gasteiger partial charge in [0.15, 0.2) is 6.10 Å². The van der Waals surface area contributed by atoms with Gasteiger partial charge >= 0.3 is 5.97 Å². The summed E-state index contributed by atoms with van der Waals surface area (Å²) in [4.78, 5) is 40.0. The molecule has 1 saturated heterocycles. The van der Waals surface area contributed by atoms with E-state index in [1.165, 1.54) is 0 Å². The molecule has 29 heavy (non-hydrogen) atoms. The molecule has 0 radical (unpaired) electrons. The van der Waals surface area contributed by atoms with Crippen LogP contribution in [-0.2, 0) is 27.4 Å². The lowest BCUT2D eigenvalue weighted by atomic mass is 10.1. The second-order valence-electron chi connectivity index (χ2n) is 7.34. The van der Waals surface area contributed by atoms with Gasteiger partial charge in [0.05, 0.1) is 5.56 Å². The molecular formula is C23H26N2O4. The highest BCUT2D eigenvalue weighted by molar-refractivity contribution is 5.92. The minimum Gasteiger partial charge on any atom is -0.449 e. The fraction of sp³-hybridized carbons (Fsp3) is 0.348. The number of benzene rings is 2. The Morgan fingerprint density at radius 3 is 2.38 bits per heavy atom. The van der Waals surface area contributed by atoms with E-state index in [0.717, 1.165) is 24.1 Å². The molecule has 2 amide bonds. The molecule has 1 atom stereocenters. The van der Waals surface area contributed by atoms with Crippen LogP contribution in [0.2, 0.25) is 0 Å². The van der Waals surface area contributed by atoms with Crippen molar-refractivity contribution in [3.8, 4) is 0 Å². The topological polar surface area (TPSA) is 66.9 Å². The van der Waals surface area contributed by atoms with E-state index < -0.39 is 12.1 Å². The van der Waals surface area contributed by atoms with Gasteiger partial charge in [-0.15, -0.1) is 0 Å². The fourth-order valence-electron chi connectivity index (χ4n) is 3.36. The summed E-state index contributed by atoms with van der Waals surface area (Å²) in [7, 11) is 1.69. The molecule has 0 spiro atoms. The van der Waals surface area contributed by atoms with Gasteiger partial charge in [-0.05, 0) is 36.6 Å². The number of likely N-dealkylation sites (tertiary alicyclic amines) is 1. The Bertz CT molecular complexity index is 864. The molecule has 0 unspecified atom stereocenters. The Morgan fingerprint density at radius 1 is 1.07 bits per heavy atom.